The van der Waals surface area contributed by atoms with Gasteiger partial charge in [0.2, 0.25) is 5.91 Å². The number of nitrogens with two attached hydrogens (primary N) is 1. The zero-order chi connectivity index (χ0) is 15.7. The van der Waals surface area contributed by atoms with Crippen molar-refractivity contribution < 1.29 is 9.59 Å². The first-order valence-electron chi connectivity index (χ1n) is 7.76. The molecule has 2 aliphatic heterocycles. The molecule has 2 amide bonds. The van der Waals surface area contributed by atoms with Crippen LogP contribution in [0.15, 0.2) is 18.2 Å². The van der Waals surface area contributed by atoms with Gasteiger partial charge in [-0.2, -0.15) is 0 Å². The predicted molar refractivity (Wildman–Crippen MR) is 86.1 cm³/mol. The highest BCUT2D eigenvalue weighted by Crippen LogP contribution is 2.30. The number of nitrogens with one attached hydrogen (secondary N) is 1. The van der Waals surface area contributed by atoms with Crippen molar-refractivity contribution >= 4 is 23.2 Å². The Morgan fingerprint density at radius 2 is 2.23 bits per heavy atom. The van der Waals surface area contributed by atoms with Crippen LogP contribution in [0.4, 0.5) is 11.4 Å². The van der Waals surface area contributed by atoms with Crippen molar-refractivity contribution in [2.24, 2.45) is 5.73 Å². The van der Waals surface area contributed by atoms with Crippen molar-refractivity contribution in [1.29, 1.82) is 0 Å². The second kappa shape index (κ2) is 5.96. The fourth-order valence-electron chi connectivity index (χ4n) is 3.22. The Hall–Kier alpha value is -2.08. The lowest BCUT2D eigenvalue weighted by atomic mass is 10.1. The summed E-state index contributed by atoms with van der Waals surface area (Å²) in [6.07, 6.45) is 2.42. The highest BCUT2D eigenvalue weighted by atomic mass is 16.2. The summed E-state index contributed by atoms with van der Waals surface area (Å²) in [5.74, 6) is -0.0203. The molecule has 1 fully saturated rings. The summed E-state index contributed by atoms with van der Waals surface area (Å²) >= 11 is 0. The molecule has 2 aliphatic rings. The summed E-state index contributed by atoms with van der Waals surface area (Å²) in [7, 11) is 1.95. The van der Waals surface area contributed by atoms with E-state index in [-0.39, 0.29) is 17.9 Å². The van der Waals surface area contributed by atoms with Gasteiger partial charge in [-0.05, 0) is 31.0 Å². The van der Waals surface area contributed by atoms with Gasteiger partial charge >= 0.3 is 0 Å². The van der Waals surface area contributed by atoms with Crippen LogP contribution in [-0.2, 0) is 4.79 Å². The number of carbonyl (C=O) groups is 2. The number of anilines is 2. The molecule has 0 saturated carbocycles. The van der Waals surface area contributed by atoms with E-state index in [2.05, 4.69) is 5.32 Å². The van der Waals surface area contributed by atoms with Crippen LogP contribution in [0, 0.1) is 0 Å². The maximum atomic E-state index is 12.7. The average Bonchev–Trinajstić information content (AvgIpc) is 2.95. The third-order valence-electron chi connectivity index (χ3n) is 4.51. The standard InChI is InChI=1S/C16H22N4O2/c1-19-8-6-15(21)18-13-9-11(4-5-14(13)19)16(22)20-7-2-3-12(20)10-17/h4-5,9,12H,2-3,6-8,10,17H2,1H3,(H,18,21). The first-order chi connectivity index (χ1) is 10.6. The molecule has 0 radical (unpaired) electrons. The lowest BCUT2D eigenvalue weighted by Gasteiger charge is -2.24. The van der Waals surface area contributed by atoms with Crippen LogP contribution in [0.25, 0.3) is 0 Å². The van der Waals surface area contributed by atoms with E-state index in [4.69, 9.17) is 5.73 Å². The van der Waals surface area contributed by atoms with Crippen LogP contribution < -0.4 is 16.0 Å². The van der Waals surface area contributed by atoms with Crippen molar-refractivity contribution in [3.05, 3.63) is 23.8 Å². The molecule has 6 heteroatoms. The second-order valence-electron chi connectivity index (χ2n) is 5.98. The zero-order valence-corrected chi connectivity index (χ0v) is 12.8. The number of amides is 2. The molecule has 1 aromatic rings. The van der Waals surface area contributed by atoms with Crippen LogP contribution in [0.2, 0.25) is 0 Å². The van der Waals surface area contributed by atoms with E-state index in [0.29, 0.717) is 30.8 Å². The third kappa shape index (κ3) is 2.66. The van der Waals surface area contributed by atoms with Crippen LogP contribution in [0.1, 0.15) is 29.6 Å². The van der Waals surface area contributed by atoms with Gasteiger partial charge in [-0.3, -0.25) is 9.59 Å². The number of likely N-dealkylation sites (tertiary alicyclic amines) is 1. The number of hydrogen-bond donors (Lipinski definition) is 2. The fraction of sp³-hybridized carbons (Fsp3) is 0.500. The summed E-state index contributed by atoms with van der Waals surface area (Å²) < 4.78 is 0. The van der Waals surface area contributed by atoms with Crippen molar-refractivity contribution in [3.8, 4) is 0 Å². The Kier molecular flexibility index (Phi) is 4.02. The van der Waals surface area contributed by atoms with Crippen molar-refractivity contribution in [3.63, 3.8) is 0 Å². The number of carbonyl (C=O) groups excluding carboxylic acids is 2. The summed E-state index contributed by atoms with van der Waals surface area (Å²) in [5, 5.41) is 2.89. The van der Waals surface area contributed by atoms with E-state index in [1.807, 2.05) is 29.0 Å². The molecule has 3 N–H and O–H groups in total. The van der Waals surface area contributed by atoms with E-state index in [1.54, 1.807) is 6.07 Å². The molecule has 22 heavy (non-hydrogen) atoms. The van der Waals surface area contributed by atoms with E-state index >= 15 is 0 Å². The van der Waals surface area contributed by atoms with Crippen LogP contribution in [0.3, 0.4) is 0 Å². The van der Waals surface area contributed by atoms with Gasteiger partial charge in [-0.1, -0.05) is 0 Å². The molecule has 0 bridgehead atoms. The molecule has 118 valence electrons. The monoisotopic (exact) mass is 302 g/mol. The first-order valence-corrected chi connectivity index (χ1v) is 7.76. The maximum Gasteiger partial charge on any atom is 0.254 e. The minimum atomic E-state index is -0.0174. The zero-order valence-electron chi connectivity index (χ0n) is 12.8. The van der Waals surface area contributed by atoms with E-state index in [0.717, 1.165) is 25.1 Å². The molecule has 0 aromatic heterocycles. The Balaban J connectivity index is 1.89. The van der Waals surface area contributed by atoms with Gasteiger partial charge in [0, 0.05) is 44.7 Å². The summed E-state index contributed by atoms with van der Waals surface area (Å²) in [6.45, 7) is 1.92. The lowest BCUT2D eigenvalue weighted by molar-refractivity contribution is -0.115. The first kappa shape index (κ1) is 14.8. The number of fused-ring (bicyclic) bond motifs is 1. The topological polar surface area (TPSA) is 78.7 Å². The Labute approximate surface area is 130 Å². The third-order valence-corrected chi connectivity index (χ3v) is 4.51. The Morgan fingerprint density at radius 3 is 3.00 bits per heavy atom. The molecular formula is C16H22N4O2. The van der Waals surface area contributed by atoms with Gasteiger partial charge in [0.25, 0.3) is 5.91 Å². The van der Waals surface area contributed by atoms with E-state index < -0.39 is 0 Å². The largest absolute Gasteiger partial charge is 0.372 e. The van der Waals surface area contributed by atoms with Crippen LogP contribution in [-0.4, -0.2) is 49.4 Å². The SMILES string of the molecule is CN1CCC(=O)Nc2cc(C(=O)N3CCCC3CN)ccc21. The quantitative estimate of drug-likeness (QED) is 0.855. The Bertz CT molecular complexity index is 602. The predicted octanol–water partition coefficient (Wildman–Crippen LogP) is 1.03. The van der Waals surface area contributed by atoms with Crippen molar-refractivity contribution in [2.75, 3.05) is 36.9 Å². The summed E-state index contributed by atoms with van der Waals surface area (Å²) in [4.78, 5) is 28.4. The van der Waals surface area contributed by atoms with Crippen LogP contribution in [0.5, 0.6) is 0 Å². The molecule has 1 unspecified atom stereocenters. The van der Waals surface area contributed by atoms with Gasteiger partial charge in [0.15, 0.2) is 0 Å². The Morgan fingerprint density at radius 1 is 1.41 bits per heavy atom. The van der Waals surface area contributed by atoms with Crippen molar-refractivity contribution in [2.45, 2.75) is 25.3 Å². The number of nitrogens with zero attached hydrogens (tertiary/aromatic N) is 2. The maximum absolute atomic E-state index is 12.7. The van der Waals surface area contributed by atoms with Crippen molar-refractivity contribution in [1.82, 2.24) is 4.90 Å². The number of benzene rings is 1. The van der Waals surface area contributed by atoms with E-state index in [1.165, 1.54) is 0 Å². The second-order valence-corrected chi connectivity index (χ2v) is 5.98. The highest BCUT2D eigenvalue weighted by molar-refractivity contribution is 6.01. The molecule has 3 rings (SSSR count). The molecule has 0 aliphatic carbocycles. The summed E-state index contributed by atoms with van der Waals surface area (Å²) in [5.41, 5.74) is 8.01. The number of hydrogen-bond acceptors (Lipinski definition) is 4. The molecule has 0 spiro atoms. The minimum absolute atomic E-state index is 0.00287. The summed E-state index contributed by atoms with van der Waals surface area (Å²) in [6, 6.07) is 5.65. The molecule has 2 heterocycles. The smallest absolute Gasteiger partial charge is 0.254 e. The minimum Gasteiger partial charge on any atom is -0.372 e. The molecule has 1 atom stereocenters. The van der Waals surface area contributed by atoms with Gasteiger partial charge in [0.05, 0.1) is 11.4 Å². The average molecular weight is 302 g/mol. The van der Waals surface area contributed by atoms with Gasteiger partial charge in [-0.25, -0.2) is 0 Å². The molecule has 6 nitrogen and oxygen atoms in total. The molecule has 1 saturated heterocycles. The number of rotatable bonds is 2. The molecule has 1 aromatic carbocycles. The van der Waals surface area contributed by atoms with Gasteiger partial charge < -0.3 is 20.9 Å². The highest BCUT2D eigenvalue weighted by Gasteiger charge is 2.29. The van der Waals surface area contributed by atoms with Crippen LogP contribution >= 0.6 is 0 Å². The van der Waals surface area contributed by atoms with Gasteiger partial charge in [0.1, 0.15) is 0 Å². The lowest BCUT2D eigenvalue weighted by Crippen LogP contribution is -2.39. The van der Waals surface area contributed by atoms with Gasteiger partial charge in [-0.15, -0.1) is 0 Å². The normalized spacial score (nSPS) is 21.4. The fourth-order valence-corrected chi connectivity index (χ4v) is 3.22. The molecular weight excluding hydrogens is 280 g/mol. The van der Waals surface area contributed by atoms with E-state index in [9.17, 15) is 9.59 Å².